The van der Waals surface area contributed by atoms with Crippen LogP contribution in [0.2, 0.25) is 0 Å². The largest absolute Gasteiger partial charge is 0.338 e. The molecule has 0 amide bonds. The molecule has 0 aliphatic carbocycles. The molecule has 0 bridgehead atoms. The zero-order valence-electron chi connectivity index (χ0n) is 11.0. The second-order valence-corrected chi connectivity index (χ2v) is 5.18. The zero-order valence-corrected chi connectivity index (χ0v) is 11.0. The summed E-state index contributed by atoms with van der Waals surface area (Å²) in [6.45, 7) is 3.28. The van der Waals surface area contributed by atoms with Crippen LogP contribution in [0.3, 0.4) is 0 Å². The highest BCUT2D eigenvalue weighted by Crippen LogP contribution is 2.25. The van der Waals surface area contributed by atoms with Crippen LogP contribution in [-0.4, -0.2) is 21.7 Å². The second-order valence-electron chi connectivity index (χ2n) is 5.18. The maximum atomic E-state index is 5.37. The van der Waals surface area contributed by atoms with E-state index in [4.69, 9.17) is 4.52 Å². The molecule has 1 N–H and O–H groups in total. The second kappa shape index (κ2) is 5.48. The van der Waals surface area contributed by atoms with Crippen molar-refractivity contribution in [2.45, 2.75) is 32.2 Å². The maximum absolute atomic E-state index is 5.37. The minimum Gasteiger partial charge on any atom is -0.338 e. The van der Waals surface area contributed by atoms with Crippen LogP contribution in [0, 0.1) is 5.92 Å². The van der Waals surface area contributed by atoms with Gasteiger partial charge in [-0.1, -0.05) is 18.1 Å². The summed E-state index contributed by atoms with van der Waals surface area (Å²) in [5.74, 6) is 2.11. The molecule has 2 atom stereocenters. The first-order valence-electron chi connectivity index (χ1n) is 6.77. The first-order chi connectivity index (χ1) is 9.31. The third-order valence-corrected chi connectivity index (χ3v) is 3.51. The Balaban J connectivity index is 1.69. The molecule has 1 aliphatic rings. The monoisotopic (exact) mass is 258 g/mol. The predicted octanol–water partition coefficient (Wildman–Crippen LogP) is 2.12. The highest BCUT2D eigenvalue weighted by Gasteiger charge is 2.24. The van der Waals surface area contributed by atoms with Crippen molar-refractivity contribution < 1.29 is 4.52 Å². The molecule has 100 valence electrons. The molecule has 3 rings (SSSR count). The molecule has 0 saturated carbocycles. The predicted molar refractivity (Wildman–Crippen MR) is 70.5 cm³/mol. The van der Waals surface area contributed by atoms with Crippen LogP contribution in [0.4, 0.5) is 0 Å². The molecule has 0 aromatic carbocycles. The quantitative estimate of drug-likeness (QED) is 0.913. The molecule has 0 spiro atoms. The number of nitrogens with one attached hydrogen (secondary N) is 1. The lowest BCUT2D eigenvalue weighted by Gasteiger charge is -2.25. The fraction of sp³-hybridized carbons (Fsp3) is 0.500. The summed E-state index contributed by atoms with van der Waals surface area (Å²) < 4.78 is 5.37. The van der Waals surface area contributed by atoms with Crippen molar-refractivity contribution in [1.82, 2.24) is 20.4 Å². The van der Waals surface area contributed by atoms with Crippen molar-refractivity contribution in [3.63, 3.8) is 0 Å². The van der Waals surface area contributed by atoms with Crippen molar-refractivity contribution in [3.05, 3.63) is 41.8 Å². The van der Waals surface area contributed by atoms with Crippen LogP contribution < -0.4 is 5.32 Å². The van der Waals surface area contributed by atoms with Crippen LogP contribution in [0.25, 0.3) is 0 Å². The number of pyridine rings is 1. The van der Waals surface area contributed by atoms with E-state index in [0.29, 0.717) is 24.1 Å². The fourth-order valence-corrected chi connectivity index (χ4v) is 2.44. The molecule has 19 heavy (non-hydrogen) atoms. The standard InChI is InChI=1S/C14H18N4O/c1-10-5-7-16-12(8-10)14-17-13(18-19-14)9-11-4-2-3-6-15-11/h2-4,6,10,12,16H,5,7-9H2,1H3. The van der Waals surface area contributed by atoms with Gasteiger partial charge in [-0.15, -0.1) is 0 Å². The molecule has 5 heteroatoms. The molecule has 3 heterocycles. The summed E-state index contributed by atoms with van der Waals surface area (Å²) in [4.78, 5) is 8.75. The van der Waals surface area contributed by atoms with Crippen molar-refractivity contribution in [2.75, 3.05) is 6.54 Å². The lowest BCUT2D eigenvalue weighted by atomic mass is 9.94. The SMILES string of the molecule is CC1CCNC(c2nc(Cc3ccccn3)no2)C1. The Morgan fingerprint density at radius 3 is 3.16 bits per heavy atom. The smallest absolute Gasteiger partial charge is 0.243 e. The van der Waals surface area contributed by atoms with Gasteiger partial charge in [0.15, 0.2) is 5.82 Å². The van der Waals surface area contributed by atoms with E-state index in [0.717, 1.165) is 18.7 Å². The Morgan fingerprint density at radius 2 is 2.37 bits per heavy atom. The van der Waals surface area contributed by atoms with Crippen molar-refractivity contribution in [3.8, 4) is 0 Å². The van der Waals surface area contributed by atoms with Crippen molar-refractivity contribution in [1.29, 1.82) is 0 Å². The van der Waals surface area contributed by atoms with E-state index in [2.05, 4.69) is 27.4 Å². The lowest BCUT2D eigenvalue weighted by Crippen LogP contribution is -2.30. The topological polar surface area (TPSA) is 63.8 Å². The van der Waals surface area contributed by atoms with E-state index in [9.17, 15) is 0 Å². The number of aromatic nitrogens is 3. The average Bonchev–Trinajstić information content (AvgIpc) is 2.88. The van der Waals surface area contributed by atoms with Crippen LogP contribution in [-0.2, 0) is 6.42 Å². The van der Waals surface area contributed by atoms with Crippen LogP contribution in [0.15, 0.2) is 28.9 Å². The van der Waals surface area contributed by atoms with Gasteiger partial charge in [0.25, 0.3) is 0 Å². The molecular weight excluding hydrogens is 240 g/mol. The van der Waals surface area contributed by atoms with E-state index in [1.165, 1.54) is 6.42 Å². The van der Waals surface area contributed by atoms with E-state index in [1.54, 1.807) is 6.20 Å². The summed E-state index contributed by atoms with van der Waals surface area (Å²) in [5, 5.41) is 7.48. The first-order valence-corrected chi connectivity index (χ1v) is 6.77. The van der Waals surface area contributed by atoms with Crippen molar-refractivity contribution >= 4 is 0 Å². The number of hydrogen-bond donors (Lipinski definition) is 1. The van der Waals surface area contributed by atoms with Gasteiger partial charge in [-0.2, -0.15) is 4.98 Å². The number of piperidine rings is 1. The van der Waals surface area contributed by atoms with Gasteiger partial charge in [-0.25, -0.2) is 0 Å². The maximum Gasteiger partial charge on any atom is 0.243 e. The van der Waals surface area contributed by atoms with Crippen LogP contribution in [0.1, 0.15) is 43.2 Å². The molecule has 1 saturated heterocycles. The Morgan fingerprint density at radius 1 is 1.42 bits per heavy atom. The van der Waals surface area contributed by atoms with Gasteiger partial charge in [0, 0.05) is 11.9 Å². The minimum absolute atomic E-state index is 0.203. The molecule has 0 radical (unpaired) electrons. The molecule has 1 fully saturated rings. The summed E-state index contributed by atoms with van der Waals surface area (Å²) in [7, 11) is 0. The molecule has 2 unspecified atom stereocenters. The Labute approximate surface area is 112 Å². The average molecular weight is 258 g/mol. The summed E-state index contributed by atoms with van der Waals surface area (Å²) in [5.41, 5.74) is 0.958. The van der Waals surface area contributed by atoms with Crippen LogP contribution in [0.5, 0.6) is 0 Å². The number of nitrogens with zero attached hydrogens (tertiary/aromatic N) is 3. The fourth-order valence-electron chi connectivity index (χ4n) is 2.44. The van der Waals surface area contributed by atoms with Crippen LogP contribution >= 0.6 is 0 Å². The molecule has 5 nitrogen and oxygen atoms in total. The van der Waals surface area contributed by atoms with E-state index >= 15 is 0 Å². The zero-order chi connectivity index (χ0) is 13.1. The highest BCUT2D eigenvalue weighted by atomic mass is 16.5. The van der Waals surface area contributed by atoms with Gasteiger partial charge in [0.2, 0.25) is 5.89 Å². The summed E-state index contributed by atoms with van der Waals surface area (Å²) in [6.07, 6.45) is 4.67. The Hall–Kier alpha value is -1.75. The third-order valence-electron chi connectivity index (χ3n) is 3.51. The van der Waals surface area contributed by atoms with Crippen molar-refractivity contribution in [2.24, 2.45) is 5.92 Å². The van der Waals surface area contributed by atoms with Gasteiger partial charge in [0.05, 0.1) is 12.5 Å². The first kappa shape index (κ1) is 12.3. The molecular formula is C14H18N4O. The number of rotatable bonds is 3. The number of hydrogen-bond acceptors (Lipinski definition) is 5. The summed E-state index contributed by atoms with van der Waals surface area (Å²) >= 11 is 0. The molecule has 1 aliphatic heterocycles. The van der Waals surface area contributed by atoms with Gasteiger partial charge < -0.3 is 9.84 Å². The molecule has 2 aromatic rings. The highest BCUT2D eigenvalue weighted by molar-refractivity contribution is 5.09. The van der Waals surface area contributed by atoms with Gasteiger partial charge in [0.1, 0.15) is 0 Å². The van der Waals surface area contributed by atoms with Gasteiger partial charge >= 0.3 is 0 Å². The lowest BCUT2D eigenvalue weighted by molar-refractivity contribution is 0.259. The van der Waals surface area contributed by atoms with E-state index in [1.807, 2.05) is 18.2 Å². The summed E-state index contributed by atoms with van der Waals surface area (Å²) in [6, 6.07) is 6.04. The Kier molecular flexibility index (Phi) is 3.55. The van der Waals surface area contributed by atoms with Gasteiger partial charge in [-0.05, 0) is 37.4 Å². The third kappa shape index (κ3) is 2.98. The van der Waals surface area contributed by atoms with E-state index in [-0.39, 0.29) is 6.04 Å². The van der Waals surface area contributed by atoms with Gasteiger partial charge in [-0.3, -0.25) is 4.98 Å². The Bertz CT molecular complexity index is 525. The normalized spacial score (nSPS) is 23.4. The molecule has 2 aromatic heterocycles. The van der Waals surface area contributed by atoms with E-state index < -0.39 is 0 Å². The minimum atomic E-state index is 0.203.